The molecule has 8 heavy (non-hydrogen) atoms. The highest BCUT2D eigenvalue weighted by Crippen LogP contribution is 1.83. The predicted molar refractivity (Wildman–Crippen MR) is 36.7 cm³/mol. The second-order valence-corrected chi connectivity index (χ2v) is 1.72. The van der Waals surface area contributed by atoms with Crippen molar-refractivity contribution in [3.63, 3.8) is 0 Å². The normalized spacial score (nSPS) is 9.88. The summed E-state index contributed by atoms with van der Waals surface area (Å²) >= 11 is 0. The lowest BCUT2D eigenvalue weighted by Crippen LogP contribution is -2.22. The Morgan fingerprint density at radius 3 is 2.00 bits per heavy atom. The Morgan fingerprint density at radius 2 is 1.88 bits per heavy atom. The fraction of sp³-hybridized carbons (Fsp3) is 0.714. The first-order valence-electron chi connectivity index (χ1n) is 3.10. The Balaban J connectivity index is 3.20. The number of likely N-dealkylation sites (N-methyl/N-ethyl adjacent to an activating group) is 1. The molecule has 0 rings (SSSR count). The van der Waals surface area contributed by atoms with Gasteiger partial charge in [-0.2, -0.15) is 0 Å². The number of hydrogen-bond donors (Lipinski definition) is 0. The summed E-state index contributed by atoms with van der Waals surface area (Å²) in [5.74, 6) is 0. The zero-order valence-electron chi connectivity index (χ0n) is 5.72. The second-order valence-electron chi connectivity index (χ2n) is 1.72. The molecule has 0 spiro atoms. The van der Waals surface area contributed by atoms with E-state index in [2.05, 4.69) is 18.7 Å². The molecule has 0 aromatic heterocycles. The van der Waals surface area contributed by atoms with Crippen LogP contribution in [0.5, 0.6) is 0 Å². The summed E-state index contributed by atoms with van der Waals surface area (Å²) in [5, 5.41) is 0. The monoisotopic (exact) mass is 112 g/mol. The Morgan fingerprint density at radius 1 is 1.38 bits per heavy atom. The molecule has 0 aromatic carbocycles. The fourth-order valence-corrected chi connectivity index (χ4v) is 0.631. The molecule has 0 heterocycles. The zero-order chi connectivity index (χ0) is 6.41. The van der Waals surface area contributed by atoms with E-state index in [1.165, 1.54) is 0 Å². The van der Waals surface area contributed by atoms with E-state index in [9.17, 15) is 0 Å². The van der Waals surface area contributed by atoms with Crippen molar-refractivity contribution in [2.24, 2.45) is 0 Å². The Labute approximate surface area is 52.0 Å². The van der Waals surface area contributed by atoms with Crippen molar-refractivity contribution in [3.05, 3.63) is 12.7 Å². The lowest BCUT2D eigenvalue weighted by atomic mass is 10.5. The third-order valence-corrected chi connectivity index (χ3v) is 1.26. The summed E-state index contributed by atoms with van der Waals surface area (Å²) in [6, 6.07) is 0. The van der Waals surface area contributed by atoms with Crippen LogP contribution in [0.4, 0.5) is 0 Å². The SMILES string of the molecule is [CH]=CCN(CC)CC. The highest BCUT2D eigenvalue weighted by Gasteiger charge is 1.91. The van der Waals surface area contributed by atoms with Gasteiger partial charge in [0.2, 0.25) is 0 Å². The highest BCUT2D eigenvalue weighted by molar-refractivity contribution is 4.68. The largest absolute Gasteiger partial charge is 0.300 e. The van der Waals surface area contributed by atoms with Crippen LogP contribution in [0, 0.1) is 6.58 Å². The van der Waals surface area contributed by atoms with Crippen LogP contribution in [0.2, 0.25) is 0 Å². The molecule has 0 amide bonds. The van der Waals surface area contributed by atoms with E-state index >= 15 is 0 Å². The van der Waals surface area contributed by atoms with Gasteiger partial charge in [-0.15, -0.1) is 0 Å². The minimum atomic E-state index is 0.910. The van der Waals surface area contributed by atoms with Crippen LogP contribution >= 0.6 is 0 Å². The molecule has 0 aliphatic heterocycles. The van der Waals surface area contributed by atoms with Gasteiger partial charge in [0.15, 0.2) is 0 Å². The highest BCUT2D eigenvalue weighted by atomic mass is 15.1. The van der Waals surface area contributed by atoms with Crippen molar-refractivity contribution in [3.8, 4) is 0 Å². The van der Waals surface area contributed by atoms with E-state index in [1.807, 2.05) is 0 Å². The first-order chi connectivity index (χ1) is 3.85. The van der Waals surface area contributed by atoms with E-state index in [1.54, 1.807) is 6.08 Å². The van der Waals surface area contributed by atoms with Crippen LogP contribution in [-0.2, 0) is 0 Å². The first-order valence-corrected chi connectivity index (χ1v) is 3.10. The van der Waals surface area contributed by atoms with Gasteiger partial charge in [0.25, 0.3) is 0 Å². The van der Waals surface area contributed by atoms with Crippen molar-refractivity contribution in [2.75, 3.05) is 19.6 Å². The topological polar surface area (TPSA) is 3.24 Å². The van der Waals surface area contributed by atoms with Gasteiger partial charge < -0.3 is 4.90 Å². The van der Waals surface area contributed by atoms with Gasteiger partial charge in [-0.25, -0.2) is 0 Å². The molecule has 0 saturated heterocycles. The fourth-order valence-electron chi connectivity index (χ4n) is 0.631. The molecule has 1 nitrogen and oxygen atoms in total. The standard InChI is InChI=1S/C7H14N/c1-4-7-8(5-2)6-3/h1,4H,5-7H2,2-3H3. The third kappa shape index (κ3) is 2.80. The van der Waals surface area contributed by atoms with Crippen molar-refractivity contribution in [1.29, 1.82) is 0 Å². The lowest BCUT2D eigenvalue weighted by Gasteiger charge is -2.13. The minimum Gasteiger partial charge on any atom is -0.300 e. The van der Waals surface area contributed by atoms with Gasteiger partial charge in [-0.1, -0.05) is 26.5 Å². The molecule has 0 bridgehead atoms. The number of rotatable bonds is 4. The molecule has 0 saturated carbocycles. The average Bonchev–Trinajstić information content (AvgIpc) is 1.83. The van der Waals surface area contributed by atoms with E-state index in [4.69, 9.17) is 6.58 Å². The second kappa shape index (κ2) is 4.85. The molecule has 0 N–H and O–H groups in total. The molecule has 0 aromatic rings. The van der Waals surface area contributed by atoms with Gasteiger partial charge in [-0.3, -0.25) is 0 Å². The molecule has 0 unspecified atom stereocenters. The van der Waals surface area contributed by atoms with Crippen molar-refractivity contribution in [2.45, 2.75) is 13.8 Å². The molecule has 1 heteroatoms. The van der Waals surface area contributed by atoms with Crippen molar-refractivity contribution in [1.82, 2.24) is 4.90 Å². The molecular weight excluding hydrogens is 98.1 g/mol. The van der Waals surface area contributed by atoms with Crippen LogP contribution < -0.4 is 0 Å². The van der Waals surface area contributed by atoms with Gasteiger partial charge in [0.1, 0.15) is 0 Å². The zero-order valence-corrected chi connectivity index (χ0v) is 5.72. The van der Waals surface area contributed by atoms with E-state index in [0.717, 1.165) is 19.6 Å². The predicted octanol–water partition coefficient (Wildman–Crippen LogP) is 1.32. The van der Waals surface area contributed by atoms with Gasteiger partial charge in [0, 0.05) is 6.54 Å². The maximum Gasteiger partial charge on any atom is 0.0166 e. The summed E-state index contributed by atoms with van der Waals surface area (Å²) in [7, 11) is 0. The number of nitrogens with zero attached hydrogens (tertiary/aromatic N) is 1. The summed E-state index contributed by atoms with van der Waals surface area (Å²) in [4.78, 5) is 2.25. The van der Waals surface area contributed by atoms with Crippen molar-refractivity contribution >= 4 is 0 Å². The maximum atomic E-state index is 5.21. The Kier molecular flexibility index (Phi) is 4.67. The van der Waals surface area contributed by atoms with Gasteiger partial charge in [-0.05, 0) is 13.1 Å². The minimum absolute atomic E-state index is 0.910. The van der Waals surface area contributed by atoms with E-state index < -0.39 is 0 Å². The molecule has 1 radical (unpaired) electrons. The molecule has 0 aliphatic carbocycles. The molecule has 0 fully saturated rings. The summed E-state index contributed by atoms with van der Waals surface area (Å²) in [6.07, 6.45) is 1.69. The smallest absolute Gasteiger partial charge is 0.0166 e. The molecule has 0 atom stereocenters. The molecule has 47 valence electrons. The van der Waals surface area contributed by atoms with E-state index in [-0.39, 0.29) is 0 Å². The Hall–Kier alpha value is -0.300. The third-order valence-electron chi connectivity index (χ3n) is 1.26. The molecular formula is C7H14N. The van der Waals surface area contributed by atoms with E-state index in [0.29, 0.717) is 0 Å². The summed E-state index contributed by atoms with van der Waals surface area (Å²) in [6.45, 7) is 12.6. The quantitative estimate of drug-likeness (QED) is 0.530. The van der Waals surface area contributed by atoms with Crippen LogP contribution in [0.15, 0.2) is 6.08 Å². The van der Waals surface area contributed by atoms with Crippen molar-refractivity contribution < 1.29 is 0 Å². The maximum absolute atomic E-state index is 5.21. The Bertz CT molecular complexity index is 55.4. The molecule has 0 aliphatic rings. The van der Waals surface area contributed by atoms with Gasteiger partial charge in [0.05, 0.1) is 0 Å². The lowest BCUT2D eigenvalue weighted by molar-refractivity contribution is 0.337. The average molecular weight is 112 g/mol. The van der Waals surface area contributed by atoms with Crippen LogP contribution in [-0.4, -0.2) is 24.5 Å². The first kappa shape index (κ1) is 7.70. The van der Waals surface area contributed by atoms with Crippen LogP contribution in [0.1, 0.15) is 13.8 Å². The van der Waals surface area contributed by atoms with Gasteiger partial charge >= 0.3 is 0 Å². The van der Waals surface area contributed by atoms with Crippen LogP contribution in [0.3, 0.4) is 0 Å². The number of hydrogen-bond acceptors (Lipinski definition) is 1. The summed E-state index contributed by atoms with van der Waals surface area (Å²) in [5.41, 5.74) is 0. The van der Waals surface area contributed by atoms with Crippen LogP contribution in [0.25, 0.3) is 0 Å². The summed E-state index contributed by atoms with van der Waals surface area (Å²) < 4.78 is 0.